The molecule has 0 amide bonds. The monoisotopic (exact) mass is 328 g/mol. The normalized spacial score (nSPS) is 32.0. The van der Waals surface area contributed by atoms with E-state index in [0.717, 1.165) is 0 Å². The lowest BCUT2D eigenvalue weighted by Gasteiger charge is -2.28. The van der Waals surface area contributed by atoms with Crippen molar-refractivity contribution in [2.24, 2.45) is 0 Å². The van der Waals surface area contributed by atoms with E-state index in [-0.39, 0.29) is 11.2 Å². The molecule has 10 heteroatoms. The van der Waals surface area contributed by atoms with Gasteiger partial charge in [0.05, 0.1) is 6.61 Å². The van der Waals surface area contributed by atoms with Gasteiger partial charge in [0.25, 0.3) is 5.56 Å². The highest BCUT2D eigenvalue weighted by Gasteiger charge is 2.54. The number of aromatic nitrogens is 4. The summed E-state index contributed by atoms with van der Waals surface area (Å²) >= 11 is 4.31. The zero-order chi connectivity index (χ0) is 16.1. The molecule has 0 aliphatic carbocycles. The summed E-state index contributed by atoms with van der Waals surface area (Å²) in [5.74, 6) is 0.447. The molecular weight excluding hydrogens is 312 g/mol. The Bertz CT molecular complexity index is 762. The van der Waals surface area contributed by atoms with Crippen molar-refractivity contribution in [1.29, 1.82) is 0 Å². The van der Waals surface area contributed by atoms with Gasteiger partial charge in [0.1, 0.15) is 30.5 Å². The van der Waals surface area contributed by atoms with Crippen LogP contribution in [0.3, 0.4) is 0 Å². The minimum Gasteiger partial charge on any atom is -0.394 e. The Morgan fingerprint density at radius 3 is 2.86 bits per heavy atom. The Balaban J connectivity index is 2.18. The molecule has 2 aromatic rings. The maximum absolute atomic E-state index is 12.0. The topological polar surface area (TPSA) is 133 Å². The highest BCUT2D eigenvalue weighted by atomic mass is 32.1. The lowest BCUT2D eigenvalue weighted by atomic mass is 10.1. The second-order valence-corrected chi connectivity index (χ2v) is 5.73. The van der Waals surface area contributed by atoms with Gasteiger partial charge in [-0.25, -0.2) is 9.97 Å². The maximum atomic E-state index is 12.0. The molecule has 0 unspecified atom stereocenters. The molecule has 0 radical (unpaired) electrons. The molecule has 0 spiro atoms. The molecule has 1 saturated heterocycles. The molecule has 120 valence electrons. The van der Waals surface area contributed by atoms with Crippen molar-refractivity contribution in [3.8, 4) is 0 Å². The summed E-state index contributed by atoms with van der Waals surface area (Å²) in [6.07, 6.45) is -2.00. The van der Waals surface area contributed by atoms with Crippen LogP contribution in [0.25, 0.3) is 11.2 Å². The van der Waals surface area contributed by atoms with E-state index in [1.165, 1.54) is 10.9 Å². The molecule has 0 saturated carbocycles. The van der Waals surface area contributed by atoms with E-state index in [0.29, 0.717) is 12.2 Å². The van der Waals surface area contributed by atoms with E-state index in [9.17, 15) is 20.1 Å². The fourth-order valence-corrected chi connectivity index (χ4v) is 2.92. The van der Waals surface area contributed by atoms with E-state index < -0.39 is 35.5 Å². The Kier molecular flexibility index (Phi) is 3.73. The Labute approximate surface area is 130 Å². The first-order valence-corrected chi connectivity index (χ1v) is 7.21. The first kappa shape index (κ1) is 15.4. The zero-order valence-corrected chi connectivity index (χ0v) is 12.6. The number of nitrogens with one attached hydrogen (secondary N) is 1. The van der Waals surface area contributed by atoms with Crippen LogP contribution in [0.15, 0.2) is 11.1 Å². The third kappa shape index (κ3) is 2.07. The van der Waals surface area contributed by atoms with Crippen LogP contribution >= 0.6 is 12.6 Å². The van der Waals surface area contributed by atoms with Crippen LogP contribution in [-0.4, -0.2) is 59.8 Å². The average molecular weight is 328 g/mol. The summed E-state index contributed by atoms with van der Waals surface area (Å²) in [6.45, 7) is 1.34. The zero-order valence-electron chi connectivity index (χ0n) is 11.7. The van der Waals surface area contributed by atoms with Gasteiger partial charge in [-0.3, -0.25) is 9.36 Å². The van der Waals surface area contributed by atoms with Crippen molar-refractivity contribution >= 4 is 23.8 Å². The minimum atomic E-state index is -1.69. The first-order valence-electron chi connectivity index (χ1n) is 6.76. The summed E-state index contributed by atoms with van der Waals surface area (Å²) in [7, 11) is 0. The molecule has 1 aliphatic heterocycles. The van der Waals surface area contributed by atoms with Crippen molar-refractivity contribution in [3.63, 3.8) is 0 Å². The predicted molar refractivity (Wildman–Crippen MR) is 78.5 cm³/mol. The summed E-state index contributed by atoms with van der Waals surface area (Å²) in [5.41, 5.74) is -0.159. The van der Waals surface area contributed by atoms with E-state index in [1.807, 2.05) is 6.92 Å². The number of aliphatic hydroxyl groups excluding tert-OH is 3. The van der Waals surface area contributed by atoms with Crippen LogP contribution in [0.2, 0.25) is 0 Å². The van der Waals surface area contributed by atoms with Gasteiger partial charge in [-0.15, -0.1) is 12.6 Å². The number of aryl methyl sites for hydroxylation is 1. The molecule has 4 N–H and O–H groups in total. The Morgan fingerprint density at radius 2 is 2.27 bits per heavy atom. The molecule has 9 nitrogen and oxygen atoms in total. The van der Waals surface area contributed by atoms with Crippen molar-refractivity contribution < 1.29 is 20.1 Å². The van der Waals surface area contributed by atoms with Crippen molar-refractivity contribution in [2.75, 3.05) is 6.61 Å². The number of thiol groups is 1. The largest absolute Gasteiger partial charge is 0.394 e. The number of ether oxygens (including phenoxy) is 1. The molecule has 2 aromatic heterocycles. The van der Waals surface area contributed by atoms with E-state index in [4.69, 9.17) is 4.74 Å². The lowest BCUT2D eigenvalue weighted by Crippen LogP contribution is -2.41. The van der Waals surface area contributed by atoms with Gasteiger partial charge < -0.3 is 25.0 Å². The maximum Gasteiger partial charge on any atom is 0.279 e. The summed E-state index contributed by atoms with van der Waals surface area (Å²) in [5, 5.41) is 27.6. The van der Waals surface area contributed by atoms with Crippen molar-refractivity contribution in [3.05, 3.63) is 22.5 Å². The molecule has 3 heterocycles. The Morgan fingerprint density at radius 1 is 1.55 bits per heavy atom. The molecule has 1 fully saturated rings. The van der Waals surface area contributed by atoms with Crippen LogP contribution < -0.4 is 5.56 Å². The van der Waals surface area contributed by atoms with Gasteiger partial charge in [-0.05, 0) is 0 Å². The molecule has 3 rings (SSSR count). The van der Waals surface area contributed by atoms with Gasteiger partial charge in [0, 0.05) is 6.42 Å². The third-order valence-electron chi connectivity index (χ3n) is 3.73. The van der Waals surface area contributed by atoms with E-state index in [2.05, 4.69) is 27.6 Å². The van der Waals surface area contributed by atoms with E-state index >= 15 is 0 Å². The SMILES string of the molecule is CCc1nc2c(ncn2[C@]2(S)O[C@H](CO)[C@@H](O)[C@H]2O)c(=O)[nH]1. The number of fused-ring (bicyclic) bond motifs is 1. The number of imidazole rings is 1. The van der Waals surface area contributed by atoms with Gasteiger partial charge in [0.2, 0.25) is 5.06 Å². The number of hydrogen-bond donors (Lipinski definition) is 5. The highest BCUT2D eigenvalue weighted by molar-refractivity contribution is 7.81. The molecule has 0 bridgehead atoms. The quantitative estimate of drug-likeness (QED) is 0.426. The number of H-pyrrole nitrogens is 1. The lowest BCUT2D eigenvalue weighted by molar-refractivity contribution is -0.0760. The van der Waals surface area contributed by atoms with Crippen molar-refractivity contribution in [1.82, 2.24) is 19.5 Å². The standard InChI is InChI=1S/C12H16N4O5S/c1-2-6-14-10-7(11(20)15-6)13-4-16(10)12(22)9(19)8(18)5(3-17)21-12/h4-5,8-9,17-19,22H,2-3H2,1H3,(H,14,15,20)/t5-,8-,9-,12+/m1/s1. The molecule has 1 aliphatic rings. The van der Waals surface area contributed by atoms with Crippen LogP contribution in [0.5, 0.6) is 0 Å². The smallest absolute Gasteiger partial charge is 0.279 e. The minimum absolute atomic E-state index is 0.0726. The average Bonchev–Trinajstić information content (AvgIpc) is 3.03. The third-order valence-corrected chi connectivity index (χ3v) is 4.32. The molecule has 0 aromatic carbocycles. The van der Waals surface area contributed by atoms with Crippen LogP contribution in [0, 0.1) is 0 Å². The number of rotatable bonds is 3. The number of hydrogen-bond acceptors (Lipinski definition) is 8. The Hall–Kier alpha value is -1.46. The fraction of sp³-hybridized carbons (Fsp3) is 0.583. The van der Waals surface area contributed by atoms with E-state index in [1.54, 1.807) is 0 Å². The second kappa shape index (κ2) is 5.32. The summed E-state index contributed by atoms with van der Waals surface area (Å²) < 4.78 is 6.75. The highest BCUT2D eigenvalue weighted by Crippen LogP contribution is 2.39. The van der Waals surface area contributed by atoms with Gasteiger partial charge in [-0.1, -0.05) is 6.92 Å². The number of nitrogens with zero attached hydrogens (tertiary/aromatic N) is 3. The molecular formula is C12H16N4O5S. The van der Waals surface area contributed by atoms with Crippen LogP contribution in [0.4, 0.5) is 0 Å². The van der Waals surface area contributed by atoms with Gasteiger partial charge in [0.15, 0.2) is 11.2 Å². The first-order chi connectivity index (χ1) is 10.4. The van der Waals surface area contributed by atoms with Crippen LogP contribution in [-0.2, 0) is 16.2 Å². The molecule has 4 atom stereocenters. The summed E-state index contributed by atoms with van der Waals surface area (Å²) in [4.78, 5) is 22.8. The molecule has 22 heavy (non-hydrogen) atoms. The fourth-order valence-electron chi connectivity index (χ4n) is 2.49. The second-order valence-electron chi connectivity index (χ2n) is 5.09. The van der Waals surface area contributed by atoms with Crippen LogP contribution in [0.1, 0.15) is 12.7 Å². The number of aliphatic hydroxyl groups is 3. The van der Waals surface area contributed by atoms with Gasteiger partial charge in [-0.2, -0.15) is 0 Å². The summed E-state index contributed by atoms with van der Waals surface area (Å²) in [6, 6.07) is 0. The predicted octanol–water partition coefficient (Wildman–Crippen LogP) is -1.67. The van der Waals surface area contributed by atoms with Crippen molar-refractivity contribution in [2.45, 2.75) is 36.7 Å². The number of aromatic amines is 1. The van der Waals surface area contributed by atoms with Gasteiger partial charge >= 0.3 is 0 Å².